The molecule has 4 rings (SSSR count). The molecule has 7 nitrogen and oxygen atoms in total. The molecule has 2 heterocycles. The number of benzene rings is 2. The lowest BCUT2D eigenvalue weighted by Gasteiger charge is -2.27. The molecule has 1 aromatic heterocycles. The molecule has 0 radical (unpaired) electrons. The Bertz CT molecular complexity index is 1220. The summed E-state index contributed by atoms with van der Waals surface area (Å²) < 4.78 is 30.8. The van der Waals surface area contributed by atoms with E-state index in [0.717, 1.165) is 49.5 Å². The zero-order valence-corrected chi connectivity index (χ0v) is 21.5. The number of morpholine rings is 1. The van der Waals surface area contributed by atoms with Gasteiger partial charge in [-0.1, -0.05) is 18.3 Å². The molecule has 0 aliphatic carbocycles. The van der Waals surface area contributed by atoms with Crippen molar-refractivity contribution in [3.8, 4) is 0 Å². The number of aryl methyl sites for hydroxylation is 2. The highest BCUT2D eigenvalue weighted by Gasteiger charge is 2.23. The van der Waals surface area contributed by atoms with Crippen molar-refractivity contribution < 1.29 is 17.9 Å². The van der Waals surface area contributed by atoms with Crippen LogP contribution < -0.4 is 4.90 Å². The first-order valence-electron chi connectivity index (χ1n) is 11.6. The van der Waals surface area contributed by atoms with Gasteiger partial charge in [-0.25, -0.2) is 13.4 Å². The number of nitrogens with zero attached hydrogens (tertiary/aromatic N) is 3. The van der Waals surface area contributed by atoms with Crippen molar-refractivity contribution in [2.75, 3.05) is 50.0 Å². The molecule has 0 N–H and O–H groups in total. The third-order valence-electron chi connectivity index (χ3n) is 6.27. The number of rotatable bonds is 8. The maximum Gasteiger partial charge on any atom is 0.260 e. The van der Waals surface area contributed by atoms with Crippen LogP contribution in [0.3, 0.4) is 0 Å². The maximum atomic E-state index is 13.6. The van der Waals surface area contributed by atoms with Crippen LogP contribution in [0.4, 0.5) is 5.13 Å². The van der Waals surface area contributed by atoms with Crippen molar-refractivity contribution in [2.24, 2.45) is 0 Å². The molecule has 0 saturated carbocycles. The summed E-state index contributed by atoms with van der Waals surface area (Å²) in [5, 5.41) is 0.664. The van der Waals surface area contributed by atoms with Crippen molar-refractivity contribution in [3.05, 3.63) is 53.1 Å². The van der Waals surface area contributed by atoms with Crippen molar-refractivity contribution in [2.45, 2.75) is 32.1 Å². The monoisotopic (exact) mass is 501 g/mol. The van der Waals surface area contributed by atoms with Crippen LogP contribution in [0.2, 0.25) is 0 Å². The summed E-state index contributed by atoms with van der Waals surface area (Å²) in [6.45, 7) is 10.4. The van der Waals surface area contributed by atoms with E-state index in [2.05, 4.69) is 30.9 Å². The number of sulfone groups is 1. The summed E-state index contributed by atoms with van der Waals surface area (Å²) >= 11 is 1.51. The molecule has 1 aliphatic rings. The quantitative estimate of drug-likeness (QED) is 0.463. The summed E-state index contributed by atoms with van der Waals surface area (Å²) in [6.07, 6.45) is 0.808. The molecule has 2 aromatic carbocycles. The molecule has 9 heteroatoms. The van der Waals surface area contributed by atoms with Crippen molar-refractivity contribution >= 4 is 42.4 Å². The van der Waals surface area contributed by atoms with Gasteiger partial charge in [-0.05, 0) is 67.8 Å². The lowest BCUT2D eigenvalue weighted by atomic mass is 10.1. The topological polar surface area (TPSA) is 79.8 Å². The van der Waals surface area contributed by atoms with Crippen LogP contribution in [0, 0.1) is 13.8 Å². The van der Waals surface area contributed by atoms with Gasteiger partial charge in [0.2, 0.25) is 0 Å². The van der Waals surface area contributed by atoms with E-state index in [9.17, 15) is 13.2 Å². The van der Waals surface area contributed by atoms with Gasteiger partial charge in [-0.15, -0.1) is 0 Å². The normalized spacial score (nSPS) is 15.0. The number of fused-ring (bicyclic) bond motifs is 1. The second-order valence-corrected chi connectivity index (χ2v) is 11.9. The predicted molar refractivity (Wildman–Crippen MR) is 137 cm³/mol. The van der Waals surface area contributed by atoms with E-state index in [1.165, 1.54) is 34.6 Å². The van der Waals surface area contributed by atoms with Crippen molar-refractivity contribution in [1.82, 2.24) is 9.88 Å². The van der Waals surface area contributed by atoms with Crippen LogP contribution in [0.25, 0.3) is 10.2 Å². The number of thiazole rings is 1. The summed E-state index contributed by atoms with van der Waals surface area (Å²) in [7, 11) is -3.32. The molecule has 0 spiro atoms. The highest BCUT2D eigenvalue weighted by atomic mass is 32.2. The molecule has 182 valence electrons. The van der Waals surface area contributed by atoms with E-state index in [1.807, 2.05) is 0 Å². The fourth-order valence-corrected chi connectivity index (χ4v) is 5.93. The summed E-state index contributed by atoms with van der Waals surface area (Å²) in [5.41, 5.74) is 3.70. The minimum Gasteiger partial charge on any atom is -0.379 e. The molecular weight excluding hydrogens is 470 g/mol. The SMILES string of the molecule is CCS(=O)(=O)c1ccc(C(=O)N(CCCN2CCOCC2)c2nc3cc(C)c(C)cc3s2)cc1. The number of aromatic nitrogens is 1. The minimum atomic E-state index is -3.32. The second-order valence-electron chi connectivity index (χ2n) is 8.59. The molecule has 0 unspecified atom stereocenters. The van der Waals surface area contributed by atoms with Gasteiger partial charge in [0.1, 0.15) is 0 Å². The Kier molecular flexibility index (Phi) is 7.67. The fraction of sp³-hybridized carbons (Fsp3) is 0.440. The van der Waals surface area contributed by atoms with Gasteiger partial charge in [-0.2, -0.15) is 0 Å². The fourth-order valence-electron chi connectivity index (χ4n) is 3.97. The van der Waals surface area contributed by atoms with Crippen LogP contribution in [-0.4, -0.2) is 69.4 Å². The lowest BCUT2D eigenvalue weighted by molar-refractivity contribution is 0.0376. The van der Waals surface area contributed by atoms with Crippen LogP contribution in [0.15, 0.2) is 41.3 Å². The number of carbonyl (C=O) groups excluding carboxylic acids is 1. The number of hydrogen-bond donors (Lipinski definition) is 0. The predicted octanol–water partition coefficient (Wildman–Crippen LogP) is 4.08. The lowest BCUT2D eigenvalue weighted by Crippen LogP contribution is -2.39. The Morgan fingerprint density at radius 1 is 1.12 bits per heavy atom. The zero-order valence-electron chi connectivity index (χ0n) is 19.9. The molecular formula is C25H31N3O4S2. The zero-order chi connectivity index (χ0) is 24.3. The number of anilines is 1. The third kappa shape index (κ3) is 5.49. The molecule has 1 aliphatic heterocycles. The summed E-state index contributed by atoms with van der Waals surface area (Å²) in [6, 6.07) is 10.4. The summed E-state index contributed by atoms with van der Waals surface area (Å²) in [5.74, 6) is -0.145. The van der Waals surface area contributed by atoms with E-state index >= 15 is 0 Å². The third-order valence-corrected chi connectivity index (χ3v) is 9.06. The molecule has 1 fully saturated rings. The van der Waals surface area contributed by atoms with Gasteiger partial charge >= 0.3 is 0 Å². The van der Waals surface area contributed by atoms with Gasteiger partial charge in [-0.3, -0.25) is 14.6 Å². The Morgan fingerprint density at radius 3 is 2.47 bits per heavy atom. The average molecular weight is 502 g/mol. The minimum absolute atomic E-state index is 0.0263. The smallest absolute Gasteiger partial charge is 0.260 e. The largest absolute Gasteiger partial charge is 0.379 e. The number of ether oxygens (including phenoxy) is 1. The first kappa shape index (κ1) is 24.8. The van der Waals surface area contributed by atoms with E-state index in [0.29, 0.717) is 17.2 Å². The number of carbonyl (C=O) groups is 1. The number of amides is 1. The highest BCUT2D eigenvalue weighted by Crippen LogP contribution is 2.32. The van der Waals surface area contributed by atoms with E-state index in [-0.39, 0.29) is 16.6 Å². The summed E-state index contributed by atoms with van der Waals surface area (Å²) in [4.78, 5) is 22.7. The molecule has 0 bridgehead atoms. The Hall–Kier alpha value is -2.33. The second kappa shape index (κ2) is 10.5. The number of hydrogen-bond acceptors (Lipinski definition) is 7. The molecule has 1 amide bonds. The van der Waals surface area contributed by atoms with Crippen LogP contribution in [0.5, 0.6) is 0 Å². The van der Waals surface area contributed by atoms with Crippen molar-refractivity contribution in [1.29, 1.82) is 0 Å². The van der Waals surface area contributed by atoms with Gasteiger partial charge in [0, 0.05) is 31.7 Å². The molecule has 1 saturated heterocycles. The maximum absolute atomic E-state index is 13.6. The van der Waals surface area contributed by atoms with Crippen molar-refractivity contribution in [3.63, 3.8) is 0 Å². The van der Waals surface area contributed by atoms with E-state index in [4.69, 9.17) is 9.72 Å². The van der Waals surface area contributed by atoms with E-state index < -0.39 is 9.84 Å². The molecule has 0 atom stereocenters. The van der Waals surface area contributed by atoms with Gasteiger partial charge in [0.25, 0.3) is 5.91 Å². The van der Waals surface area contributed by atoms with Gasteiger partial charge < -0.3 is 4.74 Å². The Balaban J connectivity index is 1.60. The van der Waals surface area contributed by atoms with Gasteiger partial charge in [0.15, 0.2) is 15.0 Å². The van der Waals surface area contributed by atoms with E-state index in [1.54, 1.807) is 24.0 Å². The first-order chi connectivity index (χ1) is 16.3. The van der Waals surface area contributed by atoms with Crippen LogP contribution in [-0.2, 0) is 14.6 Å². The van der Waals surface area contributed by atoms with Crippen LogP contribution in [0.1, 0.15) is 34.8 Å². The first-order valence-corrected chi connectivity index (χ1v) is 14.1. The standard InChI is InChI=1S/C25H31N3O4S2/c1-4-34(30,31)21-8-6-20(7-9-21)24(29)28(11-5-10-27-12-14-32-15-13-27)25-26-22-16-18(2)19(3)17-23(22)33-25/h6-9,16-17H,4-5,10-15H2,1-3H3. The van der Waals surface area contributed by atoms with Gasteiger partial charge in [0.05, 0.1) is 34.1 Å². The molecule has 34 heavy (non-hydrogen) atoms. The van der Waals surface area contributed by atoms with Crippen LogP contribution >= 0.6 is 11.3 Å². The Morgan fingerprint density at radius 2 is 1.79 bits per heavy atom. The Labute approximate surface area is 205 Å². The molecule has 3 aromatic rings. The highest BCUT2D eigenvalue weighted by molar-refractivity contribution is 7.91. The average Bonchev–Trinajstić information content (AvgIpc) is 3.24.